The van der Waals surface area contributed by atoms with Gasteiger partial charge in [-0.15, -0.1) is 0 Å². The van der Waals surface area contributed by atoms with E-state index in [-0.39, 0.29) is 17.3 Å². The van der Waals surface area contributed by atoms with Crippen LogP contribution in [0.5, 0.6) is 0 Å². The molecule has 1 aliphatic heterocycles. The van der Waals surface area contributed by atoms with Crippen molar-refractivity contribution in [2.24, 2.45) is 5.10 Å². The SMILES string of the molecule is CC1=NN(C(=O)C(=O)NCCc2ccccc2)[C@](O)(C(F)(F)F)C1. The van der Waals surface area contributed by atoms with Crippen molar-refractivity contribution < 1.29 is 27.9 Å². The van der Waals surface area contributed by atoms with Gasteiger partial charge in [0.15, 0.2) is 0 Å². The molecule has 2 N–H and O–H groups in total. The van der Waals surface area contributed by atoms with Crippen LogP contribution in [-0.4, -0.2) is 46.1 Å². The van der Waals surface area contributed by atoms with Gasteiger partial charge in [-0.3, -0.25) is 9.59 Å². The summed E-state index contributed by atoms with van der Waals surface area (Å²) in [5.74, 6) is -2.81. The summed E-state index contributed by atoms with van der Waals surface area (Å²) in [4.78, 5) is 23.7. The van der Waals surface area contributed by atoms with Crippen LogP contribution in [0, 0.1) is 0 Å². The van der Waals surface area contributed by atoms with Gasteiger partial charge in [-0.1, -0.05) is 30.3 Å². The molecule has 1 aromatic carbocycles. The zero-order chi connectivity index (χ0) is 18.0. The van der Waals surface area contributed by atoms with Crippen LogP contribution in [0.15, 0.2) is 35.4 Å². The van der Waals surface area contributed by atoms with Crippen molar-refractivity contribution in [2.75, 3.05) is 6.54 Å². The predicted molar refractivity (Wildman–Crippen MR) is 78.7 cm³/mol. The van der Waals surface area contributed by atoms with E-state index < -0.39 is 30.1 Å². The van der Waals surface area contributed by atoms with Gasteiger partial charge in [-0.2, -0.15) is 23.3 Å². The lowest BCUT2D eigenvalue weighted by molar-refractivity contribution is -0.301. The van der Waals surface area contributed by atoms with E-state index in [1.54, 1.807) is 12.1 Å². The van der Waals surface area contributed by atoms with Crippen molar-refractivity contribution in [1.29, 1.82) is 0 Å². The van der Waals surface area contributed by atoms with E-state index in [1.165, 1.54) is 6.92 Å². The third-order valence-electron chi connectivity index (χ3n) is 3.51. The van der Waals surface area contributed by atoms with Crippen LogP contribution < -0.4 is 5.32 Å². The Labute approximate surface area is 135 Å². The van der Waals surface area contributed by atoms with Crippen molar-refractivity contribution in [3.63, 3.8) is 0 Å². The summed E-state index contributed by atoms with van der Waals surface area (Å²) >= 11 is 0. The normalized spacial score (nSPS) is 20.7. The monoisotopic (exact) mass is 343 g/mol. The number of carbonyl (C=O) groups is 2. The van der Waals surface area contributed by atoms with E-state index in [0.29, 0.717) is 6.42 Å². The first kappa shape index (κ1) is 17.9. The number of carbonyl (C=O) groups excluding carboxylic acids is 2. The van der Waals surface area contributed by atoms with E-state index >= 15 is 0 Å². The molecule has 6 nitrogen and oxygen atoms in total. The second-order valence-electron chi connectivity index (χ2n) is 5.43. The summed E-state index contributed by atoms with van der Waals surface area (Å²) in [5.41, 5.74) is -2.70. The van der Waals surface area contributed by atoms with Gasteiger partial charge in [-0.25, -0.2) is 0 Å². The first-order chi connectivity index (χ1) is 11.1. The highest BCUT2D eigenvalue weighted by Crippen LogP contribution is 2.40. The number of benzene rings is 1. The molecule has 0 aliphatic carbocycles. The first-order valence-electron chi connectivity index (χ1n) is 7.14. The van der Waals surface area contributed by atoms with Crippen LogP contribution in [0.3, 0.4) is 0 Å². The molecule has 1 heterocycles. The van der Waals surface area contributed by atoms with Gasteiger partial charge in [0, 0.05) is 18.7 Å². The number of nitrogens with zero attached hydrogens (tertiary/aromatic N) is 2. The molecule has 130 valence electrons. The van der Waals surface area contributed by atoms with Crippen LogP contribution >= 0.6 is 0 Å². The third kappa shape index (κ3) is 3.56. The zero-order valence-electron chi connectivity index (χ0n) is 12.8. The second-order valence-corrected chi connectivity index (χ2v) is 5.43. The molecule has 0 saturated carbocycles. The molecule has 0 unspecified atom stereocenters. The molecule has 2 rings (SSSR count). The smallest absolute Gasteiger partial charge is 0.362 e. The Morgan fingerprint density at radius 2 is 1.96 bits per heavy atom. The standard InChI is InChI=1S/C15H16F3N3O3/c1-10-9-14(24,15(16,17)18)21(20-10)13(23)12(22)19-8-7-11-5-3-2-4-6-11/h2-6,24H,7-9H2,1H3,(H,19,22)/t14-/m1/s1. The lowest BCUT2D eigenvalue weighted by Gasteiger charge is -2.32. The molecule has 1 atom stereocenters. The minimum atomic E-state index is -5.13. The molecule has 0 bridgehead atoms. The van der Waals surface area contributed by atoms with Crippen LogP contribution in [-0.2, 0) is 16.0 Å². The molecular formula is C15H16F3N3O3. The predicted octanol–water partition coefficient (Wildman–Crippen LogP) is 1.20. The number of halogens is 3. The first-order valence-corrected chi connectivity index (χ1v) is 7.14. The number of nitrogens with one attached hydrogen (secondary N) is 1. The van der Waals surface area contributed by atoms with Crippen molar-refractivity contribution in [3.05, 3.63) is 35.9 Å². The summed E-state index contributed by atoms with van der Waals surface area (Å²) in [6, 6.07) is 9.03. The Kier molecular flexibility index (Phi) is 4.93. The fraction of sp³-hybridized carbons (Fsp3) is 0.400. The zero-order valence-corrected chi connectivity index (χ0v) is 12.8. The highest BCUT2D eigenvalue weighted by molar-refractivity contribution is 6.35. The minimum Gasteiger partial charge on any atom is -0.362 e. The summed E-state index contributed by atoms with van der Waals surface area (Å²) in [5, 5.41) is 15.2. The molecule has 0 fully saturated rings. The van der Waals surface area contributed by atoms with Crippen LogP contribution in [0.4, 0.5) is 13.2 Å². The molecule has 0 aromatic heterocycles. The maximum atomic E-state index is 13.0. The number of hydrogen-bond acceptors (Lipinski definition) is 4. The molecule has 9 heteroatoms. The molecule has 24 heavy (non-hydrogen) atoms. The Bertz CT molecular complexity index is 661. The highest BCUT2D eigenvalue weighted by Gasteiger charge is 2.63. The van der Waals surface area contributed by atoms with Gasteiger partial charge in [0.1, 0.15) is 0 Å². The molecule has 1 aliphatic rings. The molecule has 1 aromatic rings. The summed E-state index contributed by atoms with van der Waals surface area (Å²) < 4.78 is 39.0. The van der Waals surface area contributed by atoms with Gasteiger partial charge >= 0.3 is 18.0 Å². The van der Waals surface area contributed by atoms with E-state index in [9.17, 15) is 27.9 Å². The fourth-order valence-corrected chi connectivity index (χ4v) is 2.29. The highest BCUT2D eigenvalue weighted by atomic mass is 19.4. The number of amides is 2. The van der Waals surface area contributed by atoms with Crippen LogP contribution in [0.25, 0.3) is 0 Å². The third-order valence-corrected chi connectivity index (χ3v) is 3.51. The van der Waals surface area contributed by atoms with E-state index in [0.717, 1.165) is 5.56 Å². The number of aliphatic hydroxyl groups is 1. The molecule has 0 radical (unpaired) electrons. The molecular weight excluding hydrogens is 327 g/mol. The van der Waals surface area contributed by atoms with Gasteiger partial charge < -0.3 is 10.4 Å². The van der Waals surface area contributed by atoms with Gasteiger partial charge in [0.2, 0.25) is 0 Å². The Morgan fingerprint density at radius 1 is 1.33 bits per heavy atom. The average molecular weight is 343 g/mol. The fourth-order valence-electron chi connectivity index (χ4n) is 2.29. The van der Waals surface area contributed by atoms with Gasteiger partial charge in [0.05, 0.1) is 0 Å². The molecule has 2 amide bonds. The van der Waals surface area contributed by atoms with Gasteiger partial charge in [-0.05, 0) is 18.9 Å². The minimum absolute atomic E-state index is 0.0650. The maximum Gasteiger partial charge on any atom is 0.438 e. The van der Waals surface area contributed by atoms with Gasteiger partial charge in [0.25, 0.3) is 5.72 Å². The van der Waals surface area contributed by atoms with Crippen LogP contribution in [0.1, 0.15) is 18.9 Å². The van der Waals surface area contributed by atoms with Crippen molar-refractivity contribution in [2.45, 2.75) is 31.7 Å². The quantitative estimate of drug-likeness (QED) is 0.809. The second kappa shape index (κ2) is 6.60. The average Bonchev–Trinajstić information content (AvgIpc) is 2.83. The van der Waals surface area contributed by atoms with E-state index in [4.69, 9.17) is 0 Å². The Hall–Kier alpha value is -2.42. The number of alkyl halides is 3. The largest absolute Gasteiger partial charge is 0.438 e. The van der Waals surface area contributed by atoms with E-state index in [2.05, 4.69) is 10.4 Å². The number of rotatable bonds is 3. The van der Waals surface area contributed by atoms with Crippen molar-refractivity contribution >= 4 is 17.5 Å². The summed E-state index contributed by atoms with van der Waals surface area (Å²) in [6.07, 6.45) is -5.61. The molecule has 0 spiro atoms. The topological polar surface area (TPSA) is 82.0 Å². The summed E-state index contributed by atoms with van der Waals surface area (Å²) in [7, 11) is 0. The summed E-state index contributed by atoms with van der Waals surface area (Å²) in [6.45, 7) is 1.30. The number of hydrogen-bond donors (Lipinski definition) is 2. The van der Waals surface area contributed by atoms with Crippen molar-refractivity contribution in [1.82, 2.24) is 10.3 Å². The van der Waals surface area contributed by atoms with E-state index in [1.807, 2.05) is 18.2 Å². The lowest BCUT2D eigenvalue weighted by atomic mass is 10.1. The lowest BCUT2D eigenvalue weighted by Crippen LogP contribution is -2.59. The van der Waals surface area contributed by atoms with Crippen LogP contribution in [0.2, 0.25) is 0 Å². The number of hydrazone groups is 1. The van der Waals surface area contributed by atoms with Crippen molar-refractivity contribution in [3.8, 4) is 0 Å². The molecule has 0 saturated heterocycles. The Balaban J connectivity index is 2.00. The Morgan fingerprint density at radius 3 is 2.54 bits per heavy atom. The maximum absolute atomic E-state index is 13.0.